The summed E-state index contributed by atoms with van der Waals surface area (Å²) in [6, 6.07) is 15.2. The fourth-order valence-corrected chi connectivity index (χ4v) is 3.68. The van der Waals surface area contributed by atoms with Crippen LogP contribution in [0.15, 0.2) is 59.5 Å². The van der Waals surface area contributed by atoms with Gasteiger partial charge < -0.3 is 5.32 Å². The molecule has 0 radical (unpaired) electrons. The van der Waals surface area contributed by atoms with Crippen LogP contribution in [-0.4, -0.2) is 20.4 Å². The van der Waals surface area contributed by atoms with Gasteiger partial charge in [0.2, 0.25) is 15.9 Å². The molecular formula is C19H24N2O3S. The molecule has 0 unspecified atom stereocenters. The van der Waals surface area contributed by atoms with Crippen molar-refractivity contribution in [3.8, 4) is 0 Å². The van der Waals surface area contributed by atoms with Crippen LogP contribution in [0.3, 0.4) is 0 Å². The molecule has 0 heterocycles. The number of rotatable bonds is 7. The molecule has 0 aliphatic rings. The van der Waals surface area contributed by atoms with Crippen molar-refractivity contribution in [2.45, 2.75) is 38.3 Å². The van der Waals surface area contributed by atoms with Crippen molar-refractivity contribution in [2.75, 3.05) is 0 Å². The summed E-state index contributed by atoms with van der Waals surface area (Å²) in [7, 11) is -3.76. The third kappa shape index (κ3) is 5.41. The molecule has 0 aliphatic heterocycles. The summed E-state index contributed by atoms with van der Waals surface area (Å²) >= 11 is 0. The van der Waals surface area contributed by atoms with E-state index < -0.39 is 16.1 Å². The van der Waals surface area contributed by atoms with Crippen molar-refractivity contribution < 1.29 is 13.2 Å². The highest BCUT2D eigenvalue weighted by Gasteiger charge is 2.28. The van der Waals surface area contributed by atoms with E-state index in [0.717, 1.165) is 11.1 Å². The molecule has 0 fully saturated rings. The molecule has 2 rings (SSSR count). The van der Waals surface area contributed by atoms with Gasteiger partial charge in [-0.15, -0.1) is 0 Å². The maximum absolute atomic E-state index is 12.5. The second kappa shape index (κ2) is 8.27. The van der Waals surface area contributed by atoms with Gasteiger partial charge >= 0.3 is 0 Å². The first-order valence-corrected chi connectivity index (χ1v) is 9.68. The van der Waals surface area contributed by atoms with E-state index in [4.69, 9.17) is 0 Å². The van der Waals surface area contributed by atoms with E-state index in [2.05, 4.69) is 10.0 Å². The van der Waals surface area contributed by atoms with Gasteiger partial charge in [0.25, 0.3) is 0 Å². The maximum atomic E-state index is 12.5. The molecule has 0 bridgehead atoms. The van der Waals surface area contributed by atoms with Crippen molar-refractivity contribution >= 4 is 15.9 Å². The Labute approximate surface area is 149 Å². The molecule has 1 atom stereocenters. The van der Waals surface area contributed by atoms with Gasteiger partial charge in [-0.2, -0.15) is 4.72 Å². The highest BCUT2D eigenvalue weighted by molar-refractivity contribution is 7.89. The standard InChI is InChI=1S/C19H24N2O3S/c1-14(2)18(19(22)20-13-16-7-5-4-6-8-16)21-25(23,24)17-11-9-15(3)10-12-17/h4-12,14,18,21H,13H2,1-3H3,(H,20,22)/t18-/m0/s1. The van der Waals surface area contributed by atoms with Crippen LogP contribution < -0.4 is 10.0 Å². The Morgan fingerprint density at radius 2 is 1.60 bits per heavy atom. The first-order valence-electron chi connectivity index (χ1n) is 8.20. The van der Waals surface area contributed by atoms with E-state index in [9.17, 15) is 13.2 Å². The molecular weight excluding hydrogens is 336 g/mol. The molecule has 134 valence electrons. The Bertz CT molecular complexity index is 800. The second-order valence-electron chi connectivity index (χ2n) is 6.36. The summed E-state index contributed by atoms with van der Waals surface area (Å²) < 4.78 is 27.6. The summed E-state index contributed by atoms with van der Waals surface area (Å²) in [6.07, 6.45) is 0. The third-order valence-electron chi connectivity index (χ3n) is 3.87. The largest absolute Gasteiger partial charge is 0.351 e. The number of sulfonamides is 1. The number of benzene rings is 2. The summed E-state index contributed by atoms with van der Waals surface area (Å²) in [6.45, 7) is 5.86. The topological polar surface area (TPSA) is 75.3 Å². The molecule has 0 saturated heterocycles. The Hall–Kier alpha value is -2.18. The fourth-order valence-electron chi connectivity index (χ4n) is 2.34. The van der Waals surface area contributed by atoms with Gasteiger partial charge in [-0.3, -0.25) is 4.79 Å². The Morgan fingerprint density at radius 1 is 1.00 bits per heavy atom. The summed E-state index contributed by atoms with van der Waals surface area (Å²) in [5, 5.41) is 2.80. The van der Waals surface area contributed by atoms with Crippen LogP contribution in [0.25, 0.3) is 0 Å². The molecule has 2 aromatic carbocycles. The van der Waals surface area contributed by atoms with Crippen LogP contribution in [0.1, 0.15) is 25.0 Å². The quantitative estimate of drug-likeness (QED) is 0.797. The van der Waals surface area contributed by atoms with Crippen LogP contribution in [0, 0.1) is 12.8 Å². The van der Waals surface area contributed by atoms with Crippen molar-refractivity contribution in [1.29, 1.82) is 0 Å². The Kier molecular flexibility index (Phi) is 6.33. The summed E-state index contributed by atoms with van der Waals surface area (Å²) in [4.78, 5) is 12.6. The van der Waals surface area contributed by atoms with Crippen LogP contribution >= 0.6 is 0 Å². The minimum Gasteiger partial charge on any atom is -0.351 e. The molecule has 2 aromatic rings. The lowest BCUT2D eigenvalue weighted by Crippen LogP contribution is -2.49. The number of amides is 1. The van der Waals surface area contributed by atoms with Crippen LogP contribution in [0.2, 0.25) is 0 Å². The number of carbonyl (C=O) groups excluding carboxylic acids is 1. The third-order valence-corrected chi connectivity index (χ3v) is 5.33. The Balaban J connectivity index is 2.09. The van der Waals surface area contributed by atoms with Gasteiger partial charge in [0.05, 0.1) is 4.90 Å². The van der Waals surface area contributed by atoms with E-state index in [1.807, 2.05) is 51.1 Å². The zero-order valence-corrected chi connectivity index (χ0v) is 15.5. The lowest BCUT2D eigenvalue weighted by atomic mass is 10.0. The smallest absolute Gasteiger partial charge is 0.241 e. The zero-order valence-electron chi connectivity index (χ0n) is 14.7. The van der Waals surface area contributed by atoms with Crippen molar-refractivity contribution in [3.63, 3.8) is 0 Å². The summed E-state index contributed by atoms with van der Waals surface area (Å²) in [5.41, 5.74) is 1.93. The molecule has 0 aliphatic carbocycles. The van der Waals surface area contributed by atoms with Gasteiger partial charge in [0.1, 0.15) is 6.04 Å². The molecule has 0 aromatic heterocycles. The lowest BCUT2D eigenvalue weighted by molar-refractivity contribution is -0.123. The monoisotopic (exact) mass is 360 g/mol. The van der Waals surface area contributed by atoms with Crippen molar-refractivity contribution in [1.82, 2.24) is 10.0 Å². The van der Waals surface area contributed by atoms with E-state index in [1.165, 1.54) is 12.1 Å². The molecule has 5 nitrogen and oxygen atoms in total. The van der Waals surface area contributed by atoms with Crippen LogP contribution in [-0.2, 0) is 21.4 Å². The SMILES string of the molecule is Cc1ccc(S(=O)(=O)N[C@H](C(=O)NCc2ccccc2)C(C)C)cc1. The highest BCUT2D eigenvalue weighted by atomic mass is 32.2. The van der Waals surface area contributed by atoms with Gasteiger partial charge in [0, 0.05) is 6.54 Å². The average Bonchev–Trinajstić information content (AvgIpc) is 2.58. The van der Waals surface area contributed by atoms with E-state index >= 15 is 0 Å². The van der Waals surface area contributed by atoms with Crippen LogP contribution in [0.4, 0.5) is 0 Å². The van der Waals surface area contributed by atoms with Crippen LogP contribution in [0.5, 0.6) is 0 Å². The fraction of sp³-hybridized carbons (Fsp3) is 0.316. The maximum Gasteiger partial charge on any atom is 0.241 e. The molecule has 1 amide bonds. The van der Waals surface area contributed by atoms with Gasteiger partial charge in [-0.25, -0.2) is 8.42 Å². The predicted molar refractivity (Wildman–Crippen MR) is 98.4 cm³/mol. The number of hydrogen-bond acceptors (Lipinski definition) is 3. The lowest BCUT2D eigenvalue weighted by Gasteiger charge is -2.21. The number of nitrogens with one attached hydrogen (secondary N) is 2. The van der Waals surface area contributed by atoms with Crippen molar-refractivity contribution in [3.05, 3.63) is 65.7 Å². The average molecular weight is 360 g/mol. The van der Waals surface area contributed by atoms with Gasteiger partial charge in [0.15, 0.2) is 0 Å². The predicted octanol–water partition coefficient (Wildman–Crippen LogP) is 2.61. The number of aryl methyl sites for hydroxylation is 1. The molecule has 0 spiro atoms. The normalized spacial score (nSPS) is 12.8. The minimum absolute atomic E-state index is 0.152. The first-order chi connectivity index (χ1) is 11.8. The molecule has 2 N–H and O–H groups in total. The second-order valence-corrected chi connectivity index (χ2v) is 8.07. The van der Waals surface area contributed by atoms with E-state index in [1.54, 1.807) is 12.1 Å². The minimum atomic E-state index is -3.76. The summed E-state index contributed by atoms with van der Waals surface area (Å²) in [5.74, 6) is -0.523. The number of carbonyl (C=O) groups is 1. The van der Waals surface area contributed by atoms with Gasteiger partial charge in [-0.1, -0.05) is 61.9 Å². The van der Waals surface area contributed by atoms with Crippen molar-refractivity contribution in [2.24, 2.45) is 5.92 Å². The Morgan fingerprint density at radius 3 is 2.16 bits per heavy atom. The molecule has 0 saturated carbocycles. The van der Waals surface area contributed by atoms with Gasteiger partial charge in [-0.05, 0) is 30.5 Å². The van der Waals surface area contributed by atoms with E-state index in [-0.39, 0.29) is 16.7 Å². The first kappa shape index (κ1) is 19.1. The molecule has 25 heavy (non-hydrogen) atoms. The van der Waals surface area contributed by atoms with E-state index in [0.29, 0.717) is 6.54 Å². The molecule has 6 heteroatoms. The zero-order chi connectivity index (χ0) is 18.4. The highest BCUT2D eigenvalue weighted by Crippen LogP contribution is 2.13. The number of hydrogen-bond donors (Lipinski definition) is 2.